The molecule has 1 fully saturated rings. The number of fused-ring (bicyclic) bond motifs is 6. The number of aromatic nitrogens is 1. The Morgan fingerprint density at radius 3 is 2.28 bits per heavy atom. The number of likely N-dealkylation sites (N-methyl/N-ethyl adjacent to an activating group) is 1. The van der Waals surface area contributed by atoms with E-state index in [4.69, 9.17) is 26.8 Å². The van der Waals surface area contributed by atoms with Gasteiger partial charge in [0.05, 0.1) is 5.69 Å². The number of rotatable bonds is 5. The van der Waals surface area contributed by atoms with E-state index in [-0.39, 0.29) is 12.0 Å². The number of benzene rings is 5. The molecule has 8 rings (SSSR count). The molecule has 0 aliphatic carbocycles. The maximum absolute atomic E-state index is 12.5. The van der Waals surface area contributed by atoms with Crippen LogP contribution in [0.1, 0.15) is 17.0 Å². The highest BCUT2D eigenvalue weighted by Crippen LogP contribution is 2.43. The fraction of sp³-hybridized carbons (Fsp3) is 0.211. The smallest absolute Gasteiger partial charge is 0.415 e. The van der Waals surface area contributed by atoms with Gasteiger partial charge in [-0.05, 0) is 47.1 Å². The van der Waals surface area contributed by atoms with Gasteiger partial charge in [0, 0.05) is 89.9 Å². The van der Waals surface area contributed by atoms with Crippen LogP contribution in [-0.4, -0.2) is 66.2 Å². The highest BCUT2D eigenvalue weighted by Gasteiger charge is 2.24. The van der Waals surface area contributed by atoms with E-state index < -0.39 is 0 Å². The molecule has 3 heterocycles. The Bertz CT molecular complexity index is 2080. The molecule has 0 radical (unpaired) electrons. The molecule has 0 unspecified atom stereocenters. The van der Waals surface area contributed by atoms with E-state index in [0.717, 1.165) is 68.2 Å². The van der Waals surface area contributed by atoms with Crippen molar-refractivity contribution >= 4 is 67.7 Å². The van der Waals surface area contributed by atoms with Gasteiger partial charge in [-0.3, -0.25) is 4.99 Å². The van der Waals surface area contributed by atoms with Crippen LogP contribution in [0.3, 0.4) is 0 Å². The van der Waals surface area contributed by atoms with E-state index in [1.165, 1.54) is 5.56 Å². The third-order valence-electron chi connectivity index (χ3n) is 8.83. The molecule has 1 atom stereocenters. The number of aromatic amines is 1. The van der Waals surface area contributed by atoms with Gasteiger partial charge in [0.1, 0.15) is 18.1 Å². The lowest BCUT2D eigenvalue weighted by atomic mass is 9.95. The molecule has 6 aromatic rings. The number of nitrogen functional groups attached to an aromatic ring is 1. The number of carbonyl (C=O) groups is 1. The van der Waals surface area contributed by atoms with Gasteiger partial charge in [-0.15, -0.1) is 11.6 Å². The van der Waals surface area contributed by atoms with Gasteiger partial charge in [0.15, 0.2) is 0 Å². The molecule has 2 aliphatic rings. The number of H-pyrrole nitrogens is 1. The Morgan fingerprint density at radius 2 is 1.55 bits per heavy atom. The fourth-order valence-corrected chi connectivity index (χ4v) is 6.45. The number of nitrogens with zero attached hydrogens (tertiary/aromatic N) is 3. The van der Waals surface area contributed by atoms with Crippen molar-refractivity contribution in [2.75, 3.05) is 44.8 Å². The molecule has 47 heavy (non-hydrogen) atoms. The first kappa shape index (κ1) is 30.6. The first-order chi connectivity index (χ1) is 23.0. The minimum Gasteiger partial charge on any atom is -0.488 e. The van der Waals surface area contributed by atoms with Gasteiger partial charge >= 0.3 is 6.09 Å². The summed E-state index contributed by atoms with van der Waals surface area (Å²) in [4.78, 5) is 24.2. The molecule has 238 valence electrons. The number of piperazine rings is 1. The Labute approximate surface area is 278 Å². The number of nitrogens with two attached hydrogens (primary N) is 1. The minimum atomic E-state index is -0.269. The zero-order valence-electron chi connectivity index (χ0n) is 26.2. The lowest BCUT2D eigenvalue weighted by molar-refractivity contribution is 0.121. The van der Waals surface area contributed by atoms with Crippen LogP contribution in [0, 0.1) is 0 Å². The zero-order valence-corrected chi connectivity index (χ0v) is 26.9. The van der Waals surface area contributed by atoms with Crippen LogP contribution >= 0.6 is 11.6 Å². The molecule has 5 aromatic carbocycles. The minimum absolute atomic E-state index is 0.165. The third-order valence-corrected chi connectivity index (χ3v) is 9.16. The molecular formula is C38H36ClN5O3. The molecule has 0 bridgehead atoms. The molecule has 1 amide bonds. The average Bonchev–Trinajstić information content (AvgIpc) is 3.76. The SMILES string of the molecule is CN1CCN(C(=O)Oc2cc3[nH]ccc3c3ccccc23)CC1.Nc1ccc(COc2cc3c(c4ccccc24)[C@H](CCl)C=N3)cc1. The van der Waals surface area contributed by atoms with Gasteiger partial charge in [0.25, 0.3) is 0 Å². The van der Waals surface area contributed by atoms with Crippen molar-refractivity contribution < 1.29 is 14.3 Å². The van der Waals surface area contributed by atoms with Gasteiger partial charge < -0.3 is 30.0 Å². The molecule has 2 aliphatic heterocycles. The number of carbonyl (C=O) groups excluding carboxylic acids is 1. The monoisotopic (exact) mass is 645 g/mol. The normalized spacial score (nSPS) is 15.9. The van der Waals surface area contributed by atoms with Crippen LogP contribution < -0.4 is 15.2 Å². The Morgan fingerprint density at radius 1 is 0.872 bits per heavy atom. The summed E-state index contributed by atoms with van der Waals surface area (Å²) >= 11 is 6.10. The number of alkyl halides is 1. The second-order valence-electron chi connectivity index (χ2n) is 11.9. The second kappa shape index (κ2) is 13.4. The molecule has 1 saturated heterocycles. The summed E-state index contributed by atoms with van der Waals surface area (Å²) < 4.78 is 11.8. The van der Waals surface area contributed by atoms with Crippen molar-refractivity contribution in [3.8, 4) is 11.5 Å². The van der Waals surface area contributed by atoms with Crippen LogP contribution in [0.2, 0.25) is 0 Å². The van der Waals surface area contributed by atoms with Crippen molar-refractivity contribution in [2.24, 2.45) is 4.99 Å². The Kier molecular flexibility index (Phi) is 8.70. The molecule has 8 nitrogen and oxygen atoms in total. The maximum atomic E-state index is 12.5. The number of anilines is 1. The van der Waals surface area contributed by atoms with Crippen LogP contribution in [0.25, 0.3) is 32.4 Å². The van der Waals surface area contributed by atoms with E-state index in [1.54, 1.807) is 4.90 Å². The standard InChI is InChI=1S/C20H17ClN2O.C18H19N3O2/c21-10-14-11-23-18-9-19(16-3-1-2-4-17(16)20(14)18)24-12-13-5-7-15(22)8-6-13;1-20-8-10-21(11-9-20)18(22)23-17-12-16-14(6-7-19-16)13-4-2-3-5-15(13)17/h1-9,11,14H,10,12,22H2;2-7,12,19H,8-11H2,1H3/t14-;/m1./s1. The van der Waals surface area contributed by atoms with Crippen LogP contribution in [0.5, 0.6) is 11.5 Å². The molecule has 0 spiro atoms. The molecule has 0 saturated carbocycles. The number of amides is 1. The highest BCUT2D eigenvalue weighted by atomic mass is 35.5. The number of halogens is 1. The predicted octanol–water partition coefficient (Wildman–Crippen LogP) is 8.11. The van der Waals surface area contributed by atoms with Crippen molar-refractivity contribution in [2.45, 2.75) is 12.5 Å². The van der Waals surface area contributed by atoms with E-state index >= 15 is 0 Å². The predicted molar refractivity (Wildman–Crippen MR) is 192 cm³/mol. The topological polar surface area (TPSA) is 96.2 Å². The Balaban J connectivity index is 0.000000150. The summed E-state index contributed by atoms with van der Waals surface area (Å²) in [6.45, 7) is 3.67. The summed E-state index contributed by atoms with van der Waals surface area (Å²) in [6, 6.07) is 30.0. The first-order valence-corrected chi connectivity index (χ1v) is 16.3. The van der Waals surface area contributed by atoms with E-state index in [2.05, 4.69) is 40.1 Å². The first-order valence-electron chi connectivity index (χ1n) is 15.8. The zero-order chi connectivity index (χ0) is 32.3. The number of hydrogen-bond donors (Lipinski definition) is 2. The van der Waals surface area contributed by atoms with Crippen LogP contribution in [-0.2, 0) is 6.61 Å². The number of aliphatic imine (C=N–C) groups is 1. The summed E-state index contributed by atoms with van der Waals surface area (Å²) in [6.07, 6.45) is 3.56. The summed E-state index contributed by atoms with van der Waals surface area (Å²) in [5, 5.41) is 5.44. The van der Waals surface area contributed by atoms with Crippen molar-refractivity contribution in [3.05, 3.63) is 108 Å². The van der Waals surface area contributed by atoms with Gasteiger partial charge in [-0.1, -0.05) is 60.7 Å². The maximum Gasteiger partial charge on any atom is 0.415 e. The lowest BCUT2D eigenvalue weighted by Crippen LogP contribution is -2.48. The van der Waals surface area contributed by atoms with E-state index in [0.29, 0.717) is 31.3 Å². The number of nitrogens with one attached hydrogen (secondary N) is 1. The Hall–Kier alpha value is -5.05. The van der Waals surface area contributed by atoms with Gasteiger partial charge in [-0.25, -0.2) is 4.79 Å². The lowest BCUT2D eigenvalue weighted by Gasteiger charge is -2.31. The largest absolute Gasteiger partial charge is 0.488 e. The van der Waals surface area contributed by atoms with Crippen molar-refractivity contribution in [1.82, 2.24) is 14.8 Å². The highest BCUT2D eigenvalue weighted by molar-refractivity contribution is 6.20. The van der Waals surface area contributed by atoms with Crippen molar-refractivity contribution in [1.29, 1.82) is 0 Å². The number of ether oxygens (including phenoxy) is 2. The van der Waals surface area contributed by atoms with Crippen LogP contribution in [0.15, 0.2) is 102 Å². The van der Waals surface area contributed by atoms with Crippen LogP contribution in [0.4, 0.5) is 16.2 Å². The summed E-state index contributed by atoms with van der Waals surface area (Å²) in [5.41, 5.74) is 10.7. The van der Waals surface area contributed by atoms with E-state index in [9.17, 15) is 4.79 Å². The van der Waals surface area contributed by atoms with Crippen molar-refractivity contribution in [3.63, 3.8) is 0 Å². The summed E-state index contributed by atoms with van der Waals surface area (Å²) in [7, 11) is 2.06. The van der Waals surface area contributed by atoms with Gasteiger partial charge in [-0.2, -0.15) is 0 Å². The summed E-state index contributed by atoms with van der Waals surface area (Å²) in [5.74, 6) is 2.15. The average molecular weight is 646 g/mol. The molecule has 1 aromatic heterocycles. The molecule has 9 heteroatoms. The third kappa shape index (κ3) is 6.35. The second-order valence-corrected chi connectivity index (χ2v) is 12.2. The van der Waals surface area contributed by atoms with E-state index in [1.807, 2.05) is 85.2 Å². The molecule has 3 N–H and O–H groups in total. The fourth-order valence-electron chi connectivity index (χ4n) is 6.21. The quantitative estimate of drug-likeness (QED) is 0.146. The number of hydrogen-bond acceptors (Lipinski definition) is 6. The molecular weight excluding hydrogens is 610 g/mol. The van der Waals surface area contributed by atoms with Gasteiger partial charge in [0.2, 0.25) is 0 Å².